The van der Waals surface area contributed by atoms with Crippen molar-refractivity contribution in [2.24, 2.45) is 23.7 Å². The Morgan fingerprint density at radius 3 is 2.32 bits per heavy atom. The molecule has 1 heterocycles. The summed E-state index contributed by atoms with van der Waals surface area (Å²) < 4.78 is 0. The van der Waals surface area contributed by atoms with Gasteiger partial charge in [-0.3, -0.25) is 0 Å². The summed E-state index contributed by atoms with van der Waals surface area (Å²) in [7, 11) is -1.25. The van der Waals surface area contributed by atoms with Crippen molar-refractivity contribution in [1.29, 1.82) is 0 Å². The zero-order chi connectivity index (χ0) is 22.2. The molecule has 0 radical (unpaired) electrons. The molecule has 2 aliphatic carbocycles. The molecule has 1 saturated heterocycles. The van der Waals surface area contributed by atoms with E-state index in [2.05, 4.69) is 84.0 Å². The van der Waals surface area contributed by atoms with Gasteiger partial charge in [0.15, 0.2) is 0 Å². The maximum atomic E-state index is 2.64. The molecule has 4 rings (SSSR count). The fourth-order valence-corrected chi connectivity index (χ4v) is 15.3. The van der Waals surface area contributed by atoms with E-state index in [0.29, 0.717) is 0 Å². The summed E-state index contributed by atoms with van der Waals surface area (Å²) in [6.07, 6.45) is 14.8. The molecule has 0 aromatic heterocycles. The van der Waals surface area contributed by atoms with Gasteiger partial charge in [0.25, 0.3) is 0 Å². The molecule has 5 unspecified atom stereocenters. The van der Waals surface area contributed by atoms with Crippen molar-refractivity contribution in [2.45, 2.75) is 103 Å². The molecule has 5 atom stereocenters. The van der Waals surface area contributed by atoms with Crippen molar-refractivity contribution in [1.82, 2.24) is 0 Å². The van der Waals surface area contributed by atoms with Crippen LogP contribution >= 0.6 is 0 Å². The van der Waals surface area contributed by atoms with Gasteiger partial charge in [-0.05, 0) is 57.7 Å². The van der Waals surface area contributed by atoms with E-state index in [0.717, 1.165) is 29.2 Å². The summed E-state index contributed by atoms with van der Waals surface area (Å²) in [5.41, 5.74) is 5.77. The minimum atomic E-state index is -1.25. The number of allylic oxidation sites excluding steroid dienone is 4. The third-order valence-corrected chi connectivity index (χ3v) is 15.8. The van der Waals surface area contributed by atoms with Crippen LogP contribution in [0.2, 0.25) is 23.7 Å². The van der Waals surface area contributed by atoms with Gasteiger partial charge in [0.05, 0.1) is 8.07 Å². The summed E-state index contributed by atoms with van der Waals surface area (Å²) in [6, 6.07) is 14.4. The molecule has 0 N–H and O–H groups in total. The second kappa shape index (κ2) is 9.04. The number of benzene rings is 1. The molecule has 0 bridgehead atoms. The van der Waals surface area contributed by atoms with E-state index in [1.165, 1.54) is 43.2 Å². The van der Waals surface area contributed by atoms with Gasteiger partial charge in [-0.15, -0.1) is 0 Å². The van der Waals surface area contributed by atoms with E-state index >= 15 is 0 Å². The Morgan fingerprint density at radius 1 is 1.03 bits per heavy atom. The third-order valence-electron chi connectivity index (χ3n) is 9.22. The predicted molar refractivity (Wildman–Crippen MR) is 140 cm³/mol. The highest BCUT2D eigenvalue weighted by Gasteiger charge is 2.53. The van der Waals surface area contributed by atoms with Crippen LogP contribution in [-0.2, 0) is 5.41 Å². The van der Waals surface area contributed by atoms with Crippen molar-refractivity contribution in [3.63, 3.8) is 0 Å². The predicted octanol–water partition coefficient (Wildman–Crippen LogP) is 9.26. The number of fused-ring (bicyclic) bond motifs is 1. The van der Waals surface area contributed by atoms with Crippen molar-refractivity contribution < 1.29 is 0 Å². The Morgan fingerprint density at radius 2 is 1.71 bits per heavy atom. The highest BCUT2D eigenvalue weighted by Crippen LogP contribution is 2.60. The summed E-state index contributed by atoms with van der Waals surface area (Å²) in [5.74, 6) is 3.35. The quantitative estimate of drug-likeness (QED) is 0.405. The SMILES string of the molecule is CCC(C)C[Si]1(C2C(C)CC3C(c4ccc(C(C)(C)C)cc4)=CC=CC32)CCCCC1. The van der Waals surface area contributed by atoms with Crippen LogP contribution < -0.4 is 0 Å². The van der Waals surface area contributed by atoms with E-state index in [9.17, 15) is 0 Å². The number of hydrogen-bond donors (Lipinski definition) is 0. The van der Waals surface area contributed by atoms with E-state index < -0.39 is 8.07 Å². The average molecular weight is 435 g/mol. The fourth-order valence-electron chi connectivity index (χ4n) is 7.59. The highest BCUT2D eigenvalue weighted by molar-refractivity contribution is 6.81. The Balaban J connectivity index is 1.63. The van der Waals surface area contributed by atoms with Gasteiger partial charge in [-0.25, -0.2) is 0 Å². The van der Waals surface area contributed by atoms with Crippen LogP contribution in [0.25, 0.3) is 5.57 Å². The normalized spacial score (nSPS) is 31.2. The molecule has 2 fully saturated rings. The smallest absolute Gasteiger partial charge is 0.0578 e. The maximum Gasteiger partial charge on any atom is 0.0578 e. The molecule has 1 heteroatoms. The summed E-state index contributed by atoms with van der Waals surface area (Å²) in [4.78, 5) is 0. The van der Waals surface area contributed by atoms with Crippen LogP contribution in [0.15, 0.2) is 42.5 Å². The van der Waals surface area contributed by atoms with Crippen LogP contribution in [0.5, 0.6) is 0 Å². The van der Waals surface area contributed by atoms with Crippen molar-refractivity contribution in [3.8, 4) is 0 Å². The van der Waals surface area contributed by atoms with Gasteiger partial charge in [-0.1, -0.05) is 128 Å². The lowest BCUT2D eigenvalue weighted by Gasteiger charge is -2.46. The first kappa shape index (κ1) is 23.1. The van der Waals surface area contributed by atoms with E-state index in [-0.39, 0.29) is 5.41 Å². The zero-order valence-electron chi connectivity index (χ0n) is 21.1. The van der Waals surface area contributed by atoms with Gasteiger partial charge >= 0.3 is 0 Å². The number of hydrogen-bond acceptors (Lipinski definition) is 0. The molecule has 0 spiro atoms. The first-order chi connectivity index (χ1) is 14.7. The van der Waals surface area contributed by atoms with Crippen LogP contribution in [0.4, 0.5) is 0 Å². The second-order valence-corrected chi connectivity index (χ2v) is 17.2. The molecular formula is C30H46Si. The lowest BCUT2D eigenvalue weighted by molar-refractivity contribution is 0.508. The first-order valence-electron chi connectivity index (χ1n) is 13.2. The number of rotatable bonds is 5. The minimum Gasteiger partial charge on any atom is -0.0808 e. The van der Waals surface area contributed by atoms with Crippen molar-refractivity contribution in [2.75, 3.05) is 0 Å². The lowest BCUT2D eigenvalue weighted by atomic mass is 9.80. The fraction of sp³-hybridized carbons (Fsp3) is 0.667. The van der Waals surface area contributed by atoms with Gasteiger partial charge in [0.1, 0.15) is 0 Å². The molecule has 1 saturated carbocycles. The topological polar surface area (TPSA) is 0 Å². The molecule has 1 aliphatic heterocycles. The van der Waals surface area contributed by atoms with Crippen LogP contribution in [0.1, 0.15) is 84.8 Å². The van der Waals surface area contributed by atoms with E-state index in [1.54, 1.807) is 23.7 Å². The van der Waals surface area contributed by atoms with Gasteiger partial charge in [0, 0.05) is 0 Å². The Labute approximate surface area is 193 Å². The lowest BCUT2D eigenvalue weighted by Crippen LogP contribution is -2.46. The molecule has 170 valence electrons. The summed E-state index contributed by atoms with van der Waals surface area (Å²) in [5, 5.41) is 0. The van der Waals surface area contributed by atoms with E-state index in [4.69, 9.17) is 0 Å². The van der Waals surface area contributed by atoms with Crippen LogP contribution in [0, 0.1) is 23.7 Å². The van der Waals surface area contributed by atoms with Crippen molar-refractivity contribution >= 4 is 13.6 Å². The molecule has 0 amide bonds. The minimum absolute atomic E-state index is 0.226. The Bertz CT molecular complexity index is 800. The third kappa shape index (κ3) is 4.54. The maximum absolute atomic E-state index is 2.64. The molecule has 0 nitrogen and oxygen atoms in total. The van der Waals surface area contributed by atoms with Gasteiger partial charge in [0.2, 0.25) is 0 Å². The highest BCUT2D eigenvalue weighted by atomic mass is 28.3. The average Bonchev–Trinajstić information content (AvgIpc) is 3.10. The van der Waals surface area contributed by atoms with Crippen LogP contribution in [-0.4, -0.2) is 8.07 Å². The van der Waals surface area contributed by atoms with Gasteiger partial charge in [-0.2, -0.15) is 0 Å². The van der Waals surface area contributed by atoms with Crippen LogP contribution in [0.3, 0.4) is 0 Å². The Hall–Kier alpha value is -1.08. The van der Waals surface area contributed by atoms with Crippen molar-refractivity contribution in [3.05, 3.63) is 53.6 Å². The Kier molecular flexibility index (Phi) is 6.74. The molecule has 3 aliphatic rings. The molecule has 1 aromatic rings. The second-order valence-electron chi connectivity index (χ2n) is 12.4. The monoisotopic (exact) mass is 434 g/mol. The summed E-state index contributed by atoms with van der Waals surface area (Å²) >= 11 is 0. The molecular weight excluding hydrogens is 388 g/mol. The first-order valence-corrected chi connectivity index (χ1v) is 15.9. The molecule has 31 heavy (non-hydrogen) atoms. The van der Waals surface area contributed by atoms with Gasteiger partial charge < -0.3 is 0 Å². The standard InChI is InChI=1S/C30H46Si/c1-7-22(2)21-31(18-9-8-10-19-31)29-23(3)20-28-26(12-11-13-27(28)29)24-14-16-25(17-15-24)30(4,5)6/h11-17,22-23,27-29H,7-10,18-21H2,1-6H3. The van der Waals surface area contributed by atoms with E-state index in [1.807, 2.05) is 0 Å². The largest absolute Gasteiger partial charge is 0.0808 e. The zero-order valence-corrected chi connectivity index (χ0v) is 22.1. The molecule has 1 aromatic carbocycles. The summed E-state index contributed by atoms with van der Waals surface area (Å²) in [6.45, 7) is 14.5.